The summed E-state index contributed by atoms with van der Waals surface area (Å²) in [5.41, 5.74) is 2.56. The number of hydrogen-bond donors (Lipinski definition) is 0. The van der Waals surface area contributed by atoms with Crippen LogP contribution >= 0.6 is 0 Å². The molecule has 2 aliphatic heterocycles. The lowest BCUT2D eigenvalue weighted by Gasteiger charge is -2.56. The van der Waals surface area contributed by atoms with Gasteiger partial charge in [0.2, 0.25) is 17.9 Å². The zero-order valence-electron chi connectivity index (χ0n) is 17.4. The zero-order valence-corrected chi connectivity index (χ0v) is 17.4. The summed E-state index contributed by atoms with van der Waals surface area (Å²) in [5, 5.41) is 0. The van der Waals surface area contributed by atoms with Crippen molar-refractivity contribution in [3.63, 3.8) is 0 Å². The highest BCUT2D eigenvalue weighted by Gasteiger charge is 2.65. The van der Waals surface area contributed by atoms with E-state index in [-0.39, 0.29) is 11.9 Å². The quantitative estimate of drug-likeness (QED) is 0.595. The fourth-order valence-electron chi connectivity index (χ4n) is 4.72. The molecule has 7 nitrogen and oxygen atoms in total. The second kappa shape index (κ2) is 7.58. The normalized spacial score (nSPS) is 21.9. The predicted molar refractivity (Wildman–Crippen MR) is 113 cm³/mol. The van der Waals surface area contributed by atoms with Gasteiger partial charge in [-0.05, 0) is 29.5 Å². The number of carbonyl (C=O) groups is 1. The van der Waals surface area contributed by atoms with Crippen LogP contribution in [0.2, 0.25) is 0 Å². The number of amides is 1. The molecule has 31 heavy (non-hydrogen) atoms. The number of hydrogen-bond acceptors (Lipinski definition) is 6. The van der Waals surface area contributed by atoms with Gasteiger partial charge in [-0.1, -0.05) is 54.6 Å². The molecule has 0 radical (unpaired) electrons. The van der Waals surface area contributed by atoms with E-state index in [1.54, 1.807) is 6.07 Å². The van der Waals surface area contributed by atoms with Gasteiger partial charge in [0.25, 0.3) is 5.91 Å². The maximum Gasteiger partial charge on any atom is 0.323 e. The lowest BCUT2D eigenvalue weighted by Crippen LogP contribution is -2.74. The molecule has 0 saturated carbocycles. The summed E-state index contributed by atoms with van der Waals surface area (Å²) in [4.78, 5) is 23.8. The molecule has 1 saturated heterocycles. The third kappa shape index (κ3) is 2.91. The third-order valence-electron chi connectivity index (χ3n) is 6.07. The van der Waals surface area contributed by atoms with Crippen LogP contribution in [0.4, 0.5) is 0 Å². The molecule has 5 rings (SSSR count). The molecule has 2 atom stereocenters. The van der Waals surface area contributed by atoms with E-state index in [0.29, 0.717) is 18.3 Å². The van der Waals surface area contributed by atoms with E-state index < -0.39 is 11.6 Å². The van der Waals surface area contributed by atoms with Crippen LogP contribution in [0.25, 0.3) is 0 Å². The van der Waals surface area contributed by atoms with Crippen LogP contribution in [0.5, 0.6) is 17.8 Å². The average molecular weight is 417 g/mol. The average Bonchev–Trinajstić information content (AvgIpc) is 2.98. The van der Waals surface area contributed by atoms with Crippen molar-refractivity contribution in [2.75, 3.05) is 20.8 Å². The Labute approximate surface area is 180 Å². The number of rotatable bonds is 5. The Balaban J connectivity index is 1.67. The number of methoxy groups -OCH3 is 2. The van der Waals surface area contributed by atoms with Crippen LogP contribution in [0.1, 0.15) is 23.1 Å². The number of benzene rings is 2. The molecule has 0 N–H and O–H groups in total. The van der Waals surface area contributed by atoms with Crippen LogP contribution in [-0.4, -0.2) is 47.6 Å². The number of fused-ring (bicyclic) bond motifs is 3. The van der Waals surface area contributed by atoms with Gasteiger partial charge in [-0.2, -0.15) is 9.97 Å². The van der Waals surface area contributed by atoms with E-state index in [4.69, 9.17) is 14.2 Å². The second-order valence-electron chi connectivity index (χ2n) is 7.62. The number of ether oxygens (including phenoxy) is 3. The van der Waals surface area contributed by atoms with Gasteiger partial charge in [-0.25, -0.2) is 0 Å². The number of aromatic nitrogens is 2. The van der Waals surface area contributed by atoms with Gasteiger partial charge in [0.05, 0.1) is 20.3 Å². The Morgan fingerprint density at radius 2 is 1.65 bits per heavy atom. The van der Waals surface area contributed by atoms with Crippen LogP contribution in [0, 0.1) is 0 Å². The molecule has 1 aromatic heterocycles. The lowest BCUT2D eigenvalue weighted by molar-refractivity contribution is -0.177. The summed E-state index contributed by atoms with van der Waals surface area (Å²) in [6, 6.07) is 19.9. The highest BCUT2D eigenvalue weighted by molar-refractivity contribution is 5.93. The predicted octanol–water partition coefficient (Wildman–Crippen LogP) is 2.97. The minimum atomic E-state index is -0.800. The Morgan fingerprint density at radius 1 is 0.968 bits per heavy atom. The molecule has 1 amide bonds. The Kier molecular flexibility index (Phi) is 4.73. The van der Waals surface area contributed by atoms with Gasteiger partial charge in [-0.15, -0.1) is 0 Å². The molecule has 7 heteroatoms. The Hall–Kier alpha value is -3.61. The minimum Gasteiger partial charge on any atom is -0.481 e. The van der Waals surface area contributed by atoms with E-state index in [2.05, 4.69) is 22.1 Å². The summed E-state index contributed by atoms with van der Waals surface area (Å²) in [7, 11) is 3.02. The van der Waals surface area contributed by atoms with Gasteiger partial charge in [0.15, 0.2) is 0 Å². The van der Waals surface area contributed by atoms with E-state index in [1.165, 1.54) is 19.8 Å². The fourth-order valence-corrected chi connectivity index (χ4v) is 4.72. The molecule has 3 aromatic rings. The number of aryl methyl sites for hydroxylation is 1. The summed E-state index contributed by atoms with van der Waals surface area (Å²) < 4.78 is 16.7. The standard InChI is InChI=1S/C24H23N3O4/c1-29-19-15-20(30-2)26-23(25-19)31-21-22(28)27-14-8-10-16-9-6-7-13-18(16)24(21,27)17-11-4-3-5-12-17/h3-7,9,11-13,15,21H,8,10,14H2,1-2H3/t21-,24+/m1/s1. The largest absolute Gasteiger partial charge is 0.481 e. The van der Waals surface area contributed by atoms with Crippen molar-refractivity contribution in [2.45, 2.75) is 24.5 Å². The Morgan fingerprint density at radius 3 is 2.35 bits per heavy atom. The molecule has 2 aliphatic rings. The first-order valence-corrected chi connectivity index (χ1v) is 10.3. The van der Waals surface area contributed by atoms with Crippen LogP contribution in [-0.2, 0) is 16.8 Å². The molecule has 1 fully saturated rings. The fraction of sp³-hybridized carbons (Fsp3) is 0.292. The van der Waals surface area contributed by atoms with Crippen molar-refractivity contribution in [3.05, 3.63) is 77.4 Å². The molecule has 0 spiro atoms. The third-order valence-corrected chi connectivity index (χ3v) is 6.07. The summed E-state index contributed by atoms with van der Waals surface area (Å²) in [6.07, 6.45) is 1.00. The maximum absolute atomic E-state index is 13.3. The summed E-state index contributed by atoms with van der Waals surface area (Å²) in [5.74, 6) is 0.534. The van der Waals surface area contributed by atoms with Gasteiger partial charge >= 0.3 is 6.01 Å². The minimum absolute atomic E-state index is 0.0474. The molecule has 0 unspecified atom stereocenters. The van der Waals surface area contributed by atoms with Crippen LogP contribution in [0.15, 0.2) is 60.7 Å². The Bertz CT molecular complexity index is 1100. The highest BCUT2D eigenvalue weighted by Crippen LogP contribution is 2.51. The molecule has 0 aliphatic carbocycles. The number of nitrogens with zero attached hydrogens (tertiary/aromatic N) is 3. The lowest BCUT2D eigenvalue weighted by atomic mass is 9.69. The first kappa shape index (κ1) is 19.4. The maximum atomic E-state index is 13.3. The SMILES string of the molecule is COc1cc(OC)nc(O[C@@H]2C(=O)N3CCCc4ccccc4[C@@]23c2ccccc2)n1. The van der Waals surface area contributed by atoms with E-state index in [1.807, 2.05) is 47.4 Å². The smallest absolute Gasteiger partial charge is 0.323 e. The molecule has 3 heterocycles. The van der Waals surface area contributed by atoms with Crippen LogP contribution < -0.4 is 14.2 Å². The van der Waals surface area contributed by atoms with Crippen molar-refractivity contribution in [2.24, 2.45) is 0 Å². The first-order valence-electron chi connectivity index (χ1n) is 10.3. The van der Waals surface area contributed by atoms with Crippen molar-refractivity contribution in [1.82, 2.24) is 14.9 Å². The van der Waals surface area contributed by atoms with Crippen molar-refractivity contribution >= 4 is 5.91 Å². The zero-order chi connectivity index (χ0) is 21.4. The topological polar surface area (TPSA) is 73.8 Å². The highest BCUT2D eigenvalue weighted by atomic mass is 16.5. The first-order chi connectivity index (χ1) is 15.2. The number of β-lactam (4-membered cyclic amide) rings is 1. The molecule has 2 aromatic carbocycles. The van der Waals surface area contributed by atoms with Gasteiger partial charge in [0, 0.05) is 6.54 Å². The molecule has 0 bridgehead atoms. The monoisotopic (exact) mass is 417 g/mol. The van der Waals surface area contributed by atoms with Crippen molar-refractivity contribution in [1.29, 1.82) is 0 Å². The molecular weight excluding hydrogens is 394 g/mol. The van der Waals surface area contributed by atoms with Crippen LogP contribution in [0.3, 0.4) is 0 Å². The summed E-state index contributed by atoms with van der Waals surface area (Å²) >= 11 is 0. The van der Waals surface area contributed by atoms with Gasteiger partial charge in [-0.3, -0.25) is 4.79 Å². The van der Waals surface area contributed by atoms with Crippen molar-refractivity contribution in [3.8, 4) is 17.8 Å². The number of carbonyl (C=O) groups excluding carboxylic acids is 1. The van der Waals surface area contributed by atoms with Gasteiger partial charge in [0.1, 0.15) is 5.54 Å². The summed E-state index contributed by atoms with van der Waals surface area (Å²) in [6.45, 7) is 0.657. The van der Waals surface area contributed by atoms with Gasteiger partial charge < -0.3 is 19.1 Å². The second-order valence-corrected chi connectivity index (χ2v) is 7.62. The molecular formula is C24H23N3O4. The molecule has 158 valence electrons. The van der Waals surface area contributed by atoms with Crippen molar-refractivity contribution < 1.29 is 19.0 Å². The van der Waals surface area contributed by atoms with E-state index in [0.717, 1.165) is 24.0 Å². The van der Waals surface area contributed by atoms with E-state index in [9.17, 15) is 4.79 Å². The van der Waals surface area contributed by atoms with E-state index >= 15 is 0 Å².